The number of hydrogen-bond donors (Lipinski definition) is 1. The molecule has 1 atom stereocenters. The first kappa shape index (κ1) is 16.6. The highest BCUT2D eigenvalue weighted by molar-refractivity contribution is 6.39. The summed E-state index contributed by atoms with van der Waals surface area (Å²) in [5, 5.41) is 3.68. The number of nitrogens with one attached hydrogen (secondary N) is 1. The Morgan fingerprint density at radius 3 is 2.12 bits per heavy atom. The van der Waals surface area contributed by atoms with Crippen LogP contribution in [-0.2, 0) is 0 Å². The second kappa shape index (κ2) is 6.43. The number of anilines is 1. The van der Waals surface area contributed by atoms with Crippen molar-refractivity contribution >= 4 is 28.9 Å². The maximum Gasteiger partial charge on any atom is 0.196 e. The van der Waals surface area contributed by atoms with Gasteiger partial charge in [-0.3, -0.25) is 9.59 Å². The lowest BCUT2D eigenvalue weighted by atomic mass is 9.83. The average molecular weight is 362 g/mol. The molecule has 1 unspecified atom stereocenters. The fourth-order valence-corrected chi connectivity index (χ4v) is 3.64. The van der Waals surface area contributed by atoms with Gasteiger partial charge in [0.05, 0.1) is 16.1 Å². The molecule has 0 aromatic heterocycles. The second-order valence-corrected chi connectivity index (χ2v) is 6.73. The molecule has 0 aliphatic heterocycles. The predicted octanol–water partition coefficient (Wildman–Crippen LogP) is 5.29. The van der Waals surface area contributed by atoms with Crippen LogP contribution in [0.4, 0.5) is 5.69 Å². The zero-order valence-corrected chi connectivity index (χ0v) is 14.9. The monoisotopic (exact) mass is 361 g/mol. The molecular formula is C22H16ClNO2. The molecule has 0 fully saturated rings. The number of carbonyl (C=O) groups excluding carboxylic acids is 2. The standard InChI is InChI=1S/C22H16ClNO2/c1-13(14-7-3-2-4-8-14)24-18-12-6-10-16-20(18)22(26)15-9-5-11-17(23)19(15)21(16)25/h2-13,24H,1H3. The quantitative estimate of drug-likeness (QED) is 0.539. The summed E-state index contributed by atoms with van der Waals surface area (Å²) in [5.74, 6) is -0.392. The number of fused-ring (bicyclic) bond motifs is 2. The van der Waals surface area contributed by atoms with E-state index in [0.717, 1.165) is 5.56 Å². The van der Waals surface area contributed by atoms with Crippen molar-refractivity contribution in [3.05, 3.63) is 99.6 Å². The lowest BCUT2D eigenvalue weighted by Crippen LogP contribution is -2.23. The van der Waals surface area contributed by atoms with Crippen molar-refractivity contribution in [1.29, 1.82) is 0 Å². The molecule has 3 nitrogen and oxygen atoms in total. The molecule has 0 saturated carbocycles. The Labute approximate surface area is 156 Å². The molecule has 0 heterocycles. The van der Waals surface area contributed by atoms with Gasteiger partial charge in [0.2, 0.25) is 0 Å². The Kier molecular flexibility index (Phi) is 4.09. The molecule has 0 radical (unpaired) electrons. The SMILES string of the molecule is CC(Nc1cccc2c1C(=O)c1cccc(Cl)c1C2=O)c1ccccc1. The average Bonchev–Trinajstić information content (AvgIpc) is 2.66. The third-order valence-electron chi connectivity index (χ3n) is 4.69. The van der Waals surface area contributed by atoms with Crippen LogP contribution < -0.4 is 5.32 Å². The summed E-state index contributed by atoms with van der Waals surface area (Å²) in [7, 11) is 0. The molecule has 3 aromatic carbocycles. The highest BCUT2D eigenvalue weighted by Gasteiger charge is 2.33. The molecule has 26 heavy (non-hydrogen) atoms. The molecule has 0 bridgehead atoms. The molecule has 128 valence electrons. The smallest absolute Gasteiger partial charge is 0.196 e. The summed E-state index contributed by atoms with van der Waals surface area (Å²) < 4.78 is 0. The number of ketones is 2. The minimum atomic E-state index is -0.212. The molecule has 0 saturated heterocycles. The third kappa shape index (κ3) is 2.61. The van der Waals surface area contributed by atoms with E-state index in [1.165, 1.54) is 0 Å². The van der Waals surface area contributed by atoms with E-state index in [1.54, 1.807) is 30.3 Å². The largest absolute Gasteiger partial charge is 0.378 e. The normalized spacial score (nSPS) is 13.8. The zero-order chi connectivity index (χ0) is 18.3. The van der Waals surface area contributed by atoms with Crippen LogP contribution in [0.5, 0.6) is 0 Å². The van der Waals surface area contributed by atoms with E-state index in [9.17, 15) is 9.59 Å². The van der Waals surface area contributed by atoms with Crippen LogP contribution in [0.25, 0.3) is 0 Å². The van der Waals surface area contributed by atoms with Crippen molar-refractivity contribution in [3.8, 4) is 0 Å². The first-order valence-electron chi connectivity index (χ1n) is 8.40. The Bertz CT molecular complexity index is 1030. The first-order valence-corrected chi connectivity index (χ1v) is 8.78. The van der Waals surface area contributed by atoms with Crippen LogP contribution in [0.3, 0.4) is 0 Å². The fraction of sp³-hybridized carbons (Fsp3) is 0.0909. The van der Waals surface area contributed by atoms with Crippen molar-refractivity contribution in [2.45, 2.75) is 13.0 Å². The Morgan fingerprint density at radius 1 is 0.769 bits per heavy atom. The van der Waals surface area contributed by atoms with Gasteiger partial charge in [0, 0.05) is 22.9 Å². The maximum absolute atomic E-state index is 13.1. The van der Waals surface area contributed by atoms with Gasteiger partial charge in [-0.1, -0.05) is 66.2 Å². The zero-order valence-electron chi connectivity index (χ0n) is 14.1. The summed E-state index contributed by atoms with van der Waals surface area (Å²) in [6, 6.07) is 20.2. The van der Waals surface area contributed by atoms with Gasteiger partial charge < -0.3 is 5.32 Å². The molecule has 1 N–H and O–H groups in total. The highest BCUT2D eigenvalue weighted by atomic mass is 35.5. The van der Waals surface area contributed by atoms with E-state index in [4.69, 9.17) is 11.6 Å². The molecule has 4 heteroatoms. The van der Waals surface area contributed by atoms with Crippen molar-refractivity contribution in [1.82, 2.24) is 0 Å². The van der Waals surface area contributed by atoms with E-state index in [-0.39, 0.29) is 17.6 Å². The topological polar surface area (TPSA) is 46.2 Å². The van der Waals surface area contributed by atoms with E-state index in [2.05, 4.69) is 5.32 Å². The van der Waals surface area contributed by atoms with Crippen LogP contribution in [0.2, 0.25) is 5.02 Å². The van der Waals surface area contributed by atoms with Gasteiger partial charge in [-0.2, -0.15) is 0 Å². The summed E-state index contributed by atoms with van der Waals surface area (Å²) in [4.78, 5) is 26.0. The van der Waals surface area contributed by atoms with Gasteiger partial charge in [0.1, 0.15) is 0 Å². The second-order valence-electron chi connectivity index (χ2n) is 6.33. The van der Waals surface area contributed by atoms with Crippen molar-refractivity contribution in [2.24, 2.45) is 0 Å². The minimum absolute atomic E-state index is 0.00800. The minimum Gasteiger partial charge on any atom is -0.378 e. The molecule has 3 aromatic rings. The van der Waals surface area contributed by atoms with Gasteiger partial charge in [-0.25, -0.2) is 0 Å². The van der Waals surface area contributed by atoms with E-state index in [1.807, 2.05) is 43.3 Å². The number of benzene rings is 3. The van der Waals surface area contributed by atoms with Crippen LogP contribution in [-0.4, -0.2) is 11.6 Å². The molecular weight excluding hydrogens is 346 g/mol. The molecule has 0 spiro atoms. The van der Waals surface area contributed by atoms with Crippen LogP contribution in [0, 0.1) is 0 Å². The van der Waals surface area contributed by atoms with Crippen LogP contribution in [0.1, 0.15) is 50.4 Å². The van der Waals surface area contributed by atoms with Gasteiger partial charge in [-0.15, -0.1) is 0 Å². The van der Waals surface area contributed by atoms with Crippen LogP contribution >= 0.6 is 11.6 Å². The van der Waals surface area contributed by atoms with Crippen molar-refractivity contribution in [2.75, 3.05) is 5.32 Å². The van der Waals surface area contributed by atoms with Gasteiger partial charge >= 0.3 is 0 Å². The van der Waals surface area contributed by atoms with Gasteiger partial charge in [-0.05, 0) is 24.6 Å². The summed E-state index contributed by atoms with van der Waals surface area (Å²) in [6.45, 7) is 2.02. The summed E-state index contributed by atoms with van der Waals surface area (Å²) in [6.07, 6.45) is 0. The number of carbonyl (C=O) groups is 2. The highest BCUT2D eigenvalue weighted by Crippen LogP contribution is 2.36. The lowest BCUT2D eigenvalue weighted by molar-refractivity contribution is 0.0979. The Balaban J connectivity index is 1.80. The molecule has 1 aliphatic carbocycles. The lowest BCUT2D eigenvalue weighted by Gasteiger charge is -2.23. The number of hydrogen-bond acceptors (Lipinski definition) is 3. The molecule has 1 aliphatic rings. The third-order valence-corrected chi connectivity index (χ3v) is 5.01. The summed E-state index contributed by atoms with van der Waals surface area (Å²) in [5.41, 5.74) is 3.21. The Hall–Kier alpha value is -2.91. The van der Waals surface area contributed by atoms with Crippen molar-refractivity contribution in [3.63, 3.8) is 0 Å². The first-order chi connectivity index (χ1) is 12.6. The predicted molar refractivity (Wildman–Crippen MR) is 103 cm³/mol. The van der Waals surface area contributed by atoms with E-state index >= 15 is 0 Å². The van der Waals surface area contributed by atoms with Crippen LogP contribution in [0.15, 0.2) is 66.7 Å². The maximum atomic E-state index is 13.1. The van der Waals surface area contributed by atoms with Gasteiger partial charge in [0.15, 0.2) is 11.6 Å². The Morgan fingerprint density at radius 2 is 1.38 bits per heavy atom. The molecule has 4 rings (SSSR count). The summed E-state index contributed by atoms with van der Waals surface area (Å²) >= 11 is 6.18. The fourth-order valence-electron chi connectivity index (χ4n) is 3.38. The molecule has 0 amide bonds. The van der Waals surface area contributed by atoms with E-state index < -0.39 is 0 Å². The van der Waals surface area contributed by atoms with Crippen molar-refractivity contribution < 1.29 is 9.59 Å². The number of halogens is 1. The number of rotatable bonds is 3. The van der Waals surface area contributed by atoms with E-state index in [0.29, 0.717) is 33.0 Å². The van der Waals surface area contributed by atoms with Gasteiger partial charge in [0.25, 0.3) is 0 Å².